The fourth-order valence-electron chi connectivity index (χ4n) is 3.09. The molecule has 4 aromatic rings. The first-order valence-corrected chi connectivity index (χ1v) is 10.3. The number of para-hydroxylation sites is 1. The van der Waals surface area contributed by atoms with Crippen molar-refractivity contribution in [2.24, 2.45) is 0 Å². The maximum atomic E-state index is 13.7. The summed E-state index contributed by atoms with van der Waals surface area (Å²) in [5.74, 6) is 0.628. The fraction of sp³-hybridized carbons (Fsp3) is 0.0800. The molecule has 33 heavy (non-hydrogen) atoms. The van der Waals surface area contributed by atoms with E-state index in [2.05, 4.69) is 31.2 Å². The zero-order chi connectivity index (χ0) is 23.2. The first kappa shape index (κ1) is 21.8. The molecule has 0 aliphatic rings. The molecule has 8 heteroatoms. The predicted molar refractivity (Wildman–Crippen MR) is 130 cm³/mol. The molecule has 0 saturated heterocycles. The summed E-state index contributed by atoms with van der Waals surface area (Å²) in [6.45, 7) is 3.93. The molecule has 166 valence electrons. The van der Waals surface area contributed by atoms with Gasteiger partial charge in [0.1, 0.15) is 11.6 Å². The lowest BCUT2D eigenvalue weighted by Gasteiger charge is -2.11. The van der Waals surface area contributed by atoms with Gasteiger partial charge in [0.15, 0.2) is 0 Å². The van der Waals surface area contributed by atoms with E-state index in [1.54, 1.807) is 24.3 Å². The zero-order valence-corrected chi connectivity index (χ0v) is 18.2. The van der Waals surface area contributed by atoms with Gasteiger partial charge in [-0.3, -0.25) is 0 Å². The Morgan fingerprint density at radius 2 is 1.39 bits per heavy atom. The maximum Gasteiger partial charge on any atom is 0.323 e. The first-order chi connectivity index (χ1) is 15.9. The van der Waals surface area contributed by atoms with Gasteiger partial charge in [0.25, 0.3) is 0 Å². The molecule has 0 radical (unpaired) electrons. The van der Waals surface area contributed by atoms with Crippen LogP contribution in [0.2, 0.25) is 0 Å². The lowest BCUT2D eigenvalue weighted by Crippen LogP contribution is -2.20. The third-order valence-corrected chi connectivity index (χ3v) is 4.70. The van der Waals surface area contributed by atoms with Crippen LogP contribution in [0.25, 0.3) is 0 Å². The van der Waals surface area contributed by atoms with E-state index >= 15 is 0 Å². The van der Waals surface area contributed by atoms with Gasteiger partial charge in [-0.25, -0.2) is 14.2 Å². The molecule has 1 heterocycles. The molecule has 0 spiro atoms. The van der Waals surface area contributed by atoms with E-state index in [1.165, 1.54) is 17.7 Å². The summed E-state index contributed by atoms with van der Waals surface area (Å²) in [5, 5.41) is 11.6. The molecule has 3 aromatic carbocycles. The molecule has 0 saturated carbocycles. The predicted octanol–water partition coefficient (Wildman–Crippen LogP) is 6.36. The van der Waals surface area contributed by atoms with E-state index in [9.17, 15) is 9.18 Å². The molecule has 0 aliphatic heterocycles. The largest absolute Gasteiger partial charge is 0.340 e. The third-order valence-electron chi connectivity index (χ3n) is 4.70. The highest BCUT2D eigenvalue weighted by molar-refractivity contribution is 5.99. The van der Waals surface area contributed by atoms with Crippen LogP contribution in [0.3, 0.4) is 0 Å². The van der Waals surface area contributed by atoms with Crippen LogP contribution < -0.4 is 21.3 Å². The van der Waals surface area contributed by atoms with Crippen LogP contribution in [0.4, 0.5) is 43.7 Å². The van der Waals surface area contributed by atoms with Crippen LogP contribution in [0.15, 0.2) is 78.9 Å². The van der Waals surface area contributed by atoms with Crippen LogP contribution in [0.1, 0.15) is 11.3 Å². The van der Waals surface area contributed by atoms with E-state index in [1.807, 2.05) is 56.3 Å². The van der Waals surface area contributed by atoms with Crippen LogP contribution in [-0.4, -0.2) is 16.0 Å². The molecule has 0 unspecified atom stereocenters. The topological polar surface area (TPSA) is 91.0 Å². The van der Waals surface area contributed by atoms with Crippen molar-refractivity contribution in [3.05, 3.63) is 95.9 Å². The summed E-state index contributed by atoms with van der Waals surface area (Å²) in [6, 6.07) is 22.4. The molecular weight excluding hydrogens is 419 g/mol. The molecule has 0 atom stereocenters. The molecular formula is C25H23FN6O. The Hall–Kier alpha value is -4.46. The molecule has 4 rings (SSSR count). The number of amides is 2. The minimum Gasteiger partial charge on any atom is -0.340 e. The van der Waals surface area contributed by atoms with Crippen molar-refractivity contribution in [1.82, 2.24) is 9.97 Å². The zero-order valence-electron chi connectivity index (χ0n) is 18.2. The number of hydrogen-bond acceptors (Lipinski definition) is 5. The fourth-order valence-corrected chi connectivity index (χ4v) is 3.09. The van der Waals surface area contributed by atoms with Gasteiger partial charge >= 0.3 is 6.03 Å². The van der Waals surface area contributed by atoms with Crippen LogP contribution in [0, 0.1) is 19.7 Å². The SMILES string of the molecule is Cc1ccc(Nc2nc(C)cc(Nc3ccc(NC(=O)Nc4ccccc4F)cc3)n2)cc1. The molecule has 0 bridgehead atoms. The Morgan fingerprint density at radius 3 is 2.12 bits per heavy atom. The summed E-state index contributed by atoms with van der Waals surface area (Å²) in [4.78, 5) is 21.1. The Balaban J connectivity index is 1.39. The summed E-state index contributed by atoms with van der Waals surface area (Å²) in [6.07, 6.45) is 0. The smallest absolute Gasteiger partial charge is 0.323 e. The van der Waals surface area contributed by atoms with Crippen LogP contribution in [-0.2, 0) is 0 Å². The number of carbonyl (C=O) groups is 1. The number of urea groups is 1. The van der Waals surface area contributed by atoms with Crippen molar-refractivity contribution in [2.45, 2.75) is 13.8 Å². The number of halogens is 1. The van der Waals surface area contributed by atoms with Crippen LogP contribution >= 0.6 is 0 Å². The molecule has 0 fully saturated rings. The highest BCUT2D eigenvalue weighted by atomic mass is 19.1. The van der Waals surface area contributed by atoms with Gasteiger partial charge in [-0.05, 0) is 62.4 Å². The Kier molecular flexibility index (Phi) is 6.45. The van der Waals surface area contributed by atoms with E-state index in [-0.39, 0.29) is 5.69 Å². The van der Waals surface area contributed by atoms with Gasteiger partial charge < -0.3 is 21.3 Å². The summed E-state index contributed by atoms with van der Waals surface area (Å²) >= 11 is 0. The second-order valence-electron chi connectivity index (χ2n) is 7.47. The standard InChI is InChI=1S/C25H23FN6O/c1-16-7-9-19(10-8-16)29-24-27-17(2)15-23(32-24)28-18-11-13-20(14-12-18)30-25(33)31-22-6-4-3-5-21(22)26/h3-15H,1-2H3,(H2,30,31,33)(H2,27,28,29,32). The number of anilines is 6. The van der Waals surface area contributed by atoms with Gasteiger partial charge in [0, 0.05) is 28.8 Å². The van der Waals surface area contributed by atoms with Gasteiger partial charge in [-0.15, -0.1) is 0 Å². The quantitative estimate of drug-likeness (QED) is 0.279. The maximum absolute atomic E-state index is 13.7. The molecule has 0 aliphatic carbocycles. The van der Waals surface area contributed by atoms with E-state index in [0.29, 0.717) is 17.5 Å². The average molecular weight is 442 g/mol. The lowest BCUT2D eigenvalue weighted by atomic mass is 10.2. The van der Waals surface area contributed by atoms with Gasteiger partial charge in [0.2, 0.25) is 5.95 Å². The van der Waals surface area contributed by atoms with Gasteiger partial charge in [-0.1, -0.05) is 29.8 Å². The number of hydrogen-bond donors (Lipinski definition) is 4. The van der Waals surface area contributed by atoms with Crippen molar-refractivity contribution in [1.29, 1.82) is 0 Å². The highest BCUT2D eigenvalue weighted by Crippen LogP contribution is 2.21. The molecule has 1 aromatic heterocycles. The number of carbonyl (C=O) groups excluding carboxylic acids is 1. The number of nitrogens with one attached hydrogen (secondary N) is 4. The number of aryl methyl sites for hydroxylation is 2. The van der Waals surface area contributed by atoms with Crippen molar-refractivity contribution >= 4 is 40.5 Å². The minimum atomic E-state index is -0.529. The number of rotatable bonds is 6. The molecule has 4 N–H and O–H groups in total. The Bertz CT molecular complexity index is 1260. The second-order valence-corrected chi connectivity index (χ2v) is 7.47. The number of benzene rings is 3. The Morgan fingerprint density at radius 1 is 0.758 bits per heavy atom. The van der Waals surface area contributed by atoms with Gasteiger partial charge in [0.05, 0.1) is 5.69 Å². The monoisotopic (exact) mass is 442 g/mol. The van der Waals surface area contributed by atoms with E-state index in [4.69, 9.17) is 0 Å². The summed E-state index contributed by atoms with van der Waals surface area (Å²) < 4.78 is 13.7. The number of aromatic nitrogens is 2. The van der Waals surface area contributed by atoms with Crippen molar-refractivity contribution in [3.8, 4) is 0 Å². The average Bonchev–Trinajstić information content (AvgIpc) is 2.78. The normalized spacial score (nSPS) is 10.4. The lowest BCUT2D eigenvalue weighted by molar-refractivity contribution is 0.262. The summed E-state index contributed by atoms with van der Waals surface area (Å²) in [7, 11) is 0. The van der Waals surface area contributed by atoms with Crippen molar-refractivity contribution < 1.29 is 9.18 Å². The second kappa shape index (κ2) is 9.78. The molecule has 2 amide bonds. The summed E-state index contributed by atoms with van der Waals surface area (Å²) in [5.41, 5.74) is 4.36. The third kappa shape index (κ3) is 6.04. The highest BCUT2D eigenvalue weighted by Gasteiger charge is 2.07. The van der Waals surface area contributed by atoms with Gasteiger partial charge in [-0.2, -0.15) is 4.98 Å². The van der Waals surface area contributed by atoms with Crippen LogP contribution in [0.5, 0.6) is 0 Å². The van der Waals surface area contributed by atoms with E-state index < -0.39 is 11.8 Å². The van der Waals surface area contributed by atoms with E-state index in [0.717, 1.165) is 17.1 Å². The van der Waals surface area contributed by atoms with Crippen molar-refractivity contribution in [2.75, 3.05) is 21.3 Å². The van der Waals surface area contributed by atoms with Crippen molar-refractivity contribution in [3.63, 3.8) is 0 Å². The first-order valence-electron chi connectivity index (χ1n) is 10.3. The Labute approximate surface area is 191 Å². The number of nitrogens with zero attached hydrogens (tertiary/aromatic N) is 2. The molecule has 7 nitrogen and oxygen atoms in total. The minimum absolute atomic E-state index is 0.113.